The maximum atomic E-state index is 14.5. The van der Waals surface area contributed by atoms with Crippen LogP contribution >= 0.6 is 0 Å². The van der Waals surface area contributed by atoms with Gasteiger partial charge in [0.1, 0.15) is 11.5 Å². The molecule has 0 radical (unpaired) electrons. The predicted octanol–water partition coefficient (Wildman–Crippen LogP) is 5.18. The molecule has 1 saturated heterocycles. The average molecular weight is 391 g/mol. The minimum atomic E-state index is -4.65. The zero-order valence-corrected chi connectivity index (χ0v) is 16.7. The van der Waals surface area contributed by atoms with E-state index in [-0.39, 0.29) is 11.1 Å². The molecule has 2 heterocycles. The highest BCUT2D eigenvalue weighted by Crippen LogP contribution is 2.40. The van der Waals surface area contributed by atoms with Crippen molar-refractivity contribution in [1.29, 1.82) is 0 Å². The summed E-state index contributed by atoms with van der Waals surface area (Å²) in [7, 11) is -1.47. The van der Waals surface area contributed by atoms with Gasteiger partial charge in [-0.25, -0.2) is 4.39 Å². The van der Waals surface area contributed by atoms with E-state index in [0.29, 0.717) is 11.8 Å². The highest BCUT2D eigenvalue weighted by Gasteiger charge is 2.53. The minimum Gasteiger partial charge on any atom is -0.398 e. The van der Waals surface area contributed by atoms with Gasteiger partial charge >= 0.3 is 13.3 Å². The second kappa shape index (κ2) is 6.92. The average Bonchev–Trinajstić information content (AvgIpc) is 3.00. The fourth-order valence-electron chi connectivity index (χ4n) is 2.48. The van der Waals surface area contributed by atoms with Crippen LogP contribution < -0.4 is 0 Å². The fourth-order valence-corrected chi connectivity index (χ4v) is 2.48. The second-order valence-electron chi connectivity index (χ2n) is 8.92. The normalized spacial score (nSPS) is 21.6. The second-order valence-corrected chi connectivity index (χ2v) is 8.92. The van der Waals surface area contributed by atoms with E-state index in [1.165, 1.54) is 6.07 Å². The Hall–Kier alpha value is -1.35. The summed E-state index contributed by atoms with van der Waals surface area (Å²) in [5, 5.41) is 3.70. The lowest BCUT2D eigenvalue weighted by Gasteiger charge is -2.32. The Morgan fingerprint density at radius 1 is 1.15 bits per heavy atom. The Morgan fingerprint density at radius 3 is 2.07 bits per heavy atom. The molecule has 27 heavy (non-hydrogen) atoms. The third-order valence-corrected chi connectivity index (χ3v) is 4.99. The van der Waals surface area contributed by atoms with Gasteiger partial charge in [-0.3, -0.25) is 0 Å². The zero-order chi connectivity index (χ0) is 20.8. The van der Waals surface area contributed by atoms with Crippen molar-refractivity contribution in [3.63, 3.8) is 0 Å². The molecule has 0 spiro atoms. The summed E-state index contributed by atoms with van der Waals surface area (Å²) >= 11 is 0. The molecule has 0 N–H and O–H groups in total. The maximum absolute atomic E-state index is 14.5. The summed E-state index contributed by atoms with van der Waals surface area (Å²) in [6.07, 6.45) is -4.68. The van der Waals surface area contributed by atoms with Crippen LogP contribution in [0.15, 0.2) is 22.4 Å². The quantitative estimate of drug-likeness (QED) is 0.524. The first kappa shape index (κ1) is 21.9. The predicted molar refractivity (Wildman–Crippen MR) is 93.7 cm³/mol. The molecule has 1 aromatic heterocycles. The zero-order valence-electron chi connectivity index (χ0n) is 16.7. The summed E-state index contributed by atoms with van der Waals surface area (Å²) in [4.78, 5) is 0. The number of nitrogens with zero attached hydrogens (tertiary/aromatic N) is 1. The number of alkyl halides is 3. The molecule has 1 fully saturated rings. The molecule has 9 heteroatoms. The molecule has 0 bridgehead atoms. The minimum absolute atomic E-state index is 0.111. The number of aromatic nitrogens is 1. The van der Waals surface area contributed by atoms with E-state index < -0.39 is 42.6 Å². The molecule has 0 amide bonds. The Morgan fingerprint density at radius 2 is 1.67 bits per heavy atom. The molecule has 1 atom stereocenters. The molecule has 0 saturated carbocycles. The van der Waals surface area contributed by atoms with Gasteiger partial charge in [-0.2, -0.15) is 13.2 Å². The molecular formula is C18H26BF4NO3. The van der Waals surface area contributed by atoms with Crippen LogP contribution in [0.2, 0.25) is 0 Å². The van der Waals surface area contributed by atoms with Gasteiger partial charge in [-0.15, -0.1) is 0 Å². The summed E-state index contributed by atoms with van der Waals surface area (Å²) in [5.74, 6) is -1.61. The number of hydrogen-bond acceptors (Lipinski definition) is 4. The molecule has 1 unspecified atom stereocenters. The van der Waals surface area contributed by atoms with Crippen molar-refractivity contribution in [2.75, 3.05) is 0 Å². The van der Waals surface area contributed by atoms with Gasteiger partial charge in [0, 0.05) is 17.9 Å². The van der Waals surface area contributed by atoms with Gasteiger partial charge < -0.3 is 13.8 Å². The SMILES string of the molecule is CC(C)(C)c1cc(CC(C=C(F)B2OC(C)(C)C(C)(C)O2)C(F)(F)F)no1. The first-order valence-electron chi connectivity index (χ1n) is 8.78. The van der Waals surface area contributed by atoms with E-state index in [4.69, 9.17) is 13.8 Å². The largest absolute Gasteiger partial charge is 0.524 e. The summed E-state index contributed by atoms with van der Waals surface area (Å²) < 4.78 is 70.9. The molecule has 4 nitrogen and oxygen atoms in total. The monoisotopic (exact) mass is 391 g/mol. The van der Waals surface area contributed by atoms with E-state index in [0.717, 1.165) is 0 Å². The van der Waals surface area contributed by atoms with Gasteiger partial charge in [0.05, 0.1) is 22.8 Å². The summed E-state index contributed by atoms with van der Waals surface area (Å²) in [6.45, 7) is 12.4. The highest BCUT2D eigenvalue weighted by atomic mass is 19.4. The van der Waals surface area contributed by atoms with Crippen LogP contribution in [-0.2, 0) is 21.1 Å². The highest BCUT2D eigenvalue weighted by molar-refractivity contribution is 6.53. The maximum Gasteiger partial charge on any atom is 0.524 e. The van der Waals surface area contributed by atoms with Crippen LogP contribution in [0.3, 0.4) is 0 Å². The molecule has 0 aromatic carbocycles. The lowest BCUT2D eigenvalue weighted by molar-refractivity contribution is -0.161. The van der Waals surface area contributed by atoms with Crippen LogP contribution in [0.25, 0.3) is 0 Å². The Balaban J connectivity index is 2.22. The van der Waals surface area contributed by atoms with Crippen molar-refractivity contribution < 1.29 is 31.4 Å². The van der Waals surface area contributed by atoms with Gasteiger partial charge in [-0.05, 0) is 33.8 Å². The molecule has 0 aliphatic carbocycles. The van der Waals surface area contributed by atoms with Gasteiger partial charge in [0.2, 0.25) is 0 Å². The van der Waals surface area contributed by atoms with Crippen molar-refractivity contribution in [2.24, 2.45) is 5.92 Å². The first-order valence-corrected chi connectivity index (χ1v) is 8.78. The van der Waals surface area contributed by atoms with Gasteiger partial charge in [0.15, 0.2) is 0 Å². The third-order valence-electron chi connectivity index (χ3n) is 4.99. The van der Waals surface area contributed by atoms with Crippen molar-refractivity contribution in [2.45, 2.75) is 77.7 Å². The Bertz CT molecular complexity index is 688. The van der Waals surface area contributed by atoms with E-state index in [1.54, 1.807) is 27.7 Å². The van der Waals surface area contributed by atoms with Crippen LogP contribution in [0, 0.1) is 5.92 Å². The lowest BCUT2D eigenvalue weighted by Crippen LogP contribution is -2.41. The first-order chi connectivity index (χ1) is 12.0. The van der Waals surface area contributed by atoms with Gasteiger partial charge in [0.25, 0.3) is 0 Å². The number of rotatable bonds is 4. The molecule has 152 valence electrons. The lowest BCUT2D eigenvalue weighted by atomic mass is 9.84. The van der Waals surface area contributed by atoms with E-state index in [9.17, 15) is 17.6 Å². The van der Waals surface area contributed by atoms with Crippen LogP contribution in [-0.4, -0.2) is 29.7 Å². The Labute approximate surface area is 157 Å². The fraction of sp³-hybridized carbons (Fsp3) is 0.722. The topological polar surface area (TPSA) is 44.5 Å². The molecule has 1 aliphatic rings. The summed E-state index contributed by atoms with van der Waals surface area (Å²) in [6, 6.07) is 1.47. The van der Waals surface area contributed by atoms with E-state index in [1.807, 2.05) is 20.8 Å². The number of hydrogen-bond donors (Lipinski definition) is 0. The molecule has 1 aromatic rings. The Kier molecular flexibility index (Phi) is 5.62. The smallest absolute Gasteiger partial charge is 0.398 e. The van der Waals surface area contributed by atoms with Crippen LogP contribution in [0.4, 0.5) is 17.6 Å². The summed E-state index contributed by atoms with van der Waals surface area (Å²) in [5.41, 5.74) is -3.06. The van der Waals surface area contributed by atoms with Crippen molar-refractivity contribution in [3.8, 4) is 0 Å². The molecule has 2 rings (SSSR count). The standard InChI is InChI=1S/C18H26BF4NO3/c1-15(2,3)13-10-12(24-25-13)8-11(18(21,22)23)9-14(20)19-26-16(4,5)17(6,7)27-19/h9-11H,8H2,1-7H3. The number of halogens is 4. The van der Waals surface area contributed by atoms with Gasteiger partial charge in [-0.1, -0.05) is 25.9 Å². The van der Waals surface area contributed by atoms with Crippen molar-refractivity contribution >= 4 is 7.12 Å². The number of allylic oxidation sites excluding steroid dienone is 1. The van der Waals surface area contributed by atoms with Crippen LogP contribution in [0.5, 0.6) is 0 Å². The van der Waals surface area contributed by atoms with Crippen LogP contribution in [0.1, 0.15) is 59.9 Å². The van der Waals surface area contributed by atoms with Crippen molar-refractivity contribution in [3.05, 3.63) is 29.3 Å². The van der Waals surface area contributed by atoms with Crippen molar-refractivity contribution in [1.82, 2.24) is 5.16 Å². The molecule has 1 aliphatic heterocycles. The molecular weight excluding hydrogens is 365 g/mol. The van der Waals surface area contributed by atoms with E-state index in [2.05, 4.69) is 5.16 Å². The third kappa shape index (κ3) is 4.93. The van der Waals surface area contributed by atoms with E-state index >= 15 is 0 Å².